The molecule has 34 heavy (non-hydrogen) atoms. The van der Waals surface area contributed by atoms with E-state index in [0.29, 0.717) is 43.4 Å². The molecule has 2 N–H and O–H groups in total. The Morgan fingerprint density at radius 2 is 1.94 bits per heavy atom. The second kappa shape index (κ2) is 10.3. The number of amides is 2. The zero-order valence-corrected chi connectivity index (χ0v) is 21.0. The number of piperazine rings is 1. The van der Waals surface area contributed by atoms with Gasteiger partial charge in [0, 0.05) is 55.3 Å². The Balaban J connectivity index is 1.52. The van der Waals surface area contributed by atoms with Gasteiger partial charge in [-0.1, -0.05) is 44.5 Å². The fourth-order valence-electron chi connectivity index (χ4n) is 4.83. The Labute approximate surface area is 206 Å². The molecule has 3 atom stereocenters. The van der Waals surface area contributed by atoms with Crippen molar-refractivity contribution in [3.05, 3.63) is 46.7 Å². The molecule has 0 aliphatic carbocycles. The molecule has 9 heteroatoms. The van der Waals surface area contributed by atoms with Crippen LogP contribution in [-0.4, -0.2) is 64.9 Å². The van der Waals surface area contributed by atoms with Crippen molar-refractivity contribution in [1.29, 1.82) is 0 Å². The van der Waals surface area contributed by atoms with Gasteiger partial charge in [0.2, 0.25) is 11.8 Å². The molecule has 3 heterocycles. The summed E-state index contributed by atoms with van der Waals surface area (Å²) in [5.74, 6) is 1.32. The maximum Gasteiger partial charge on any atom is 0.231 e. The summed E-state index contributed by atoms with van der Waals surface area (Å²) in [5.41, 5.74) is 1.95. The number of nitrogens with one attached hydrogen (secondary N) is 2. The molecule has 2 aliphatic rings. The minimum atomic E-state index is -0.282. The molecule has 0 bridgehead atoms. The van der Waals surface area contributed by atoms with Crippen molar-refractivity contribution in [2.45, 2.75) is 58.0 Å². The molecule has 3 unspecified atom stereocenters. The van der Waals surface area contributed by atoms with Gasteiger partial charge in [-0.2, -0.15) is 0 Å². The van der Waals surface area contributed by atoms with Gasteiger partial charge >= 0.3 is 0 Å². The second-order valence-electron chi connectivity index (χ2n) is 9.61. The molecule has 0 radical (unpaired) electrons. The van der Waals surface area contributed by atoms with Crippen LogP contribution < -0.4 is 15.5 Å². The summed E-state index contributed by atoms with van der Waals surface area (Å²) in [4.78, 5) is 38.7. The van der Waals surface area contributed by atoms with Crippen LogP contribution in [-0.2, 0) is 9.59 Å². The lowest BCUT2D eigenvalue weighted by molar-refractivity contribution is -0.135. The number of halogens is 1. The van der Waals surface area contributed by atoms with Crippen molar-refractivity contribution >= 4 is 35.1 Å². The van der Waals surface area contributed by atoms with Crippen LogP contribution in [0.2, 0.25) is 5.02 Å². The SMILES string of the molecule is CC(C)NCC(C(=O)N1CCN(c2ncnc3c2C(C)CC(=O)N3)CC1C)c1ccc(Cl)cc1. The average Bonchev–Trinajstić information content (AvgIpc) is 2.79. The van der Waals surface area contributed by atoms with E-state index in [4.69, 9.17) is 11.6 Å². The van der Waals surface area contributed by atoms with Crippen LogP contribution in [0.15, 0.2) is 30.6 Å². The van der Waals surface area contributed by atoms with Gasteiger partial charge < -0.3 is 20.4 Å². The van der Waals surface area contributed by atoms with E-state index >= 15 is 0 Å². The minimum absolute atomic E-state index is 0.00852. The molecule has 8 nitrogen and oxygen atoms in total. The number of anilines is 2. The number of fused-ring (bicyclic) bond motifs is 1. The molecular formula is C25H33ClN6O2. The van der Waals surface area contributed by atoms with Gasteiger partial charge in [-0.05, 0) is 30.5 Å². The van der Waals surface area contributed by atoms with Crippen molar-refractivity contribution in [3.63, 3.8) is 0 Å². The highest BCUT2D eigenvalue weighted by Gasteiger charge is 2.35. The second-order valence-corrected chi connectivity index (χ2v) is 10.0. The van der Waals surface area contributed by atoms with Gasteiger partial charge in [0.15, 0.2) is 0 Å². The first-order chi connectivity index (χ1) is 16.2. The fourth-order valence-corrected chi connectivity index (χ4v) is 4.95. The zero-order chi connectivity index (χ0) is 24.4. The predicted octanol–water partition coefficient (Wildman–Crippen LogP) is 3.39. The van der Waals surface area contributed by atoms with E-state index < -0.39 is 0 Å². The maximum absolute atomic E-state index is 13.7. The highest BCUT2D eigenvalue weighted by Crippen LogP contribution is 2.37. The summed E-state index contributed by atoms with van der Waals surface area (Å²) < 4.78 is 0. The molecule has 1 saturated heterocycles. The highest BCUT2D eigenvalue weighted by atomic mass is 35.5. The first-order valence-corrected chi connectivity index (χ1v) is 12.3. The van der Waals surface area contributed by atoms with E-state index in [1.807, 2.05) is 36.1 Å². The summed E-state index contributed by atoms with van der Waals surface area (Å²) >= 11 is 6.09. The molecule has 0 saturated carbocycles. The number of carbonyl (C=O) groups excluding carboxylic acids is 2. The van der Waals surface area contributed by atoms with Gasteiger partial charge in [-0.15, -0.1) is 0 Å². The number of hydrogen-bond acceptors (Lipinski definition) is 6. The van der Waals surface area contributed by atoms with Crippen molar-refractivity contribution < 1.29 is 9.59 Å². The van der Waals surface area contributed by atoms with Gasteiger partial charge in [0.25, 0.3) is 0 Å². The fraction of sp³-hybridized carbons (Fsp3) is 0.520. The van der Waals surface area contributed by atoms with Crippen LogP contribution in [0.25, 0.3) is 0 Å². The first-order valence-electron chi connectivity index (χ1n) is 11.9. The topological polar surface area (TPSA) is 90.5 Å². The summed E-state index contributed by atoms with van der Waals surface area (Å²) in [6.45, 7) is 10.8. The van der Waals surface area contributed by atoms with Crippen molar-refractivity contribution in [2.24, 2.45) is 0 Å². The average molecular weight is 485 g/mol. The third kappa shape index (κ3) is 5.18. The number of nitrogens with zero attached hydrogens (tertiary/aromatic N) is 4. The summed E-state index contributed by atoms with van der Waals surface area (Å²) in [6.07, 6.45) is 1.93. The number of carbonyl (C=O) groups is 2. The van der Waals surface area contributed by atoms with E-state index in [9.17, 15) is 9.59 Å². The maximum atomic E-state index is 13.7. The lowest BCUT2D eigenvalue weighted by Crippen LogP contribution is -2.56. The summed E-state index contributed by atoms with van der Waals surface area (Å²) in [7, 11) is 0. The van der Waals surface area contributed by atoms with E-state index in [1.54, 1.807) is 0 Å². The monoisotopic (exact) mass is 484 g/mol. The number of aromatic nitrogens is 2. The lowest BCUT2D eigenvalue weighted by Gasteiger charge is -2.43. The smallest absolute Gasteiger partial charge is 0.231 e. The van der Waals surface area contributed by atoms with Gasteiger partial charge in [0.05, 0.1) is 5.92 Å². The van der Waals surface area contributed by atoms with Gasteiger partial charge in [0.1, 0.15) is 18.0 Å². The Hall–Kier alpha value is -2.71. The third-order valence-electron chi connectivity index (χ3n) is 6.62. The molecule has 1 aromatic carbocycles. The minimum Gasteiger partial charge on any atom is -0.352 e. The van der Waals surface area contributed by atoms with Crippen molar-refractivity contribution in [3.8, 4) is 0 Å². The number of benzene rings is 1. The molecule has 2 amide bonds. The molecule has 4 rings (SSSR count). The highest BCUT2D eigenvalue weighted by molar-refractivity contribution is 6.30. The van der Waals surface area contributed by atoms with Crippen LogP contribution in [0.3, 0.4) is 0 Å². The predicted molar refractivity (Wildman–Crippen MR) is 134 cm³/mol. The molecular weight excluding hydrogens is 452 g/mol. The van der Waals surface area contributed by atoms with Crippen LogP contribution in [0.1, 0.15) is 57.1 Å². The van der Waals surface area contributed by atoms with E-state index in [-0.39, 0.29) is 35.7 Å². The van der Waals surface area contributed by atoms with E-state index in [2.05, 4.69) is 46.3 Å². The Kier molecular flexibility index (Phi) is 7.38. The molecule has 1 aromatic heterocycles. The van der Waals surface area contributed by atoms with Gasteiger partial charge in [-0.3, -0.25) is 9.59 Å². The van der Waals surface area contributed by atoms with Crippen LogP contribution in [0, 0.1) is 0 Å². The van der Waals surface area contributed by atoms with E-state index in [0.717, 1.165) is 16.9 Å². The quantitative estimate of drug-likeness (QED) is 0.653. The Morgan fingerprint density at radius 3 is 2.62 bits per heavy atom. The summed E-state index contributed by atoms with van der Waals surface area (Å²) in [6, 6.07) is 7.85. The molecule has 2 aliphatic heterocycles. The van der Waals surface area contributed by atoms with Crippen molar-refractivity contribution in [1.82, 2.24) is 20.2 Å². The number of rotatable bonds is 6. The van der Waals surface area contributed by atoms with Crippen LogP contribution in [0.4, 0.5) is 11.6 Å². The Bertz CT molecular complexity index is 1040. The summed E-state index contributed by atoms with van der Waals surface area (Å²) in [5, 5.41) is 6.96. The molecule has 0 spiro atoms. The molecule has 182 valence electrons. The third-order valence-corrected chi connectivity index (χ3v) is 6.87. The Morgan fingerprint density at radius 1 is 1.21 bits per heavy atom. The van der Waals surface area contributed by atoms with Crippen molar-refractivity contribution in [2.75, 3.05) is 36.4 Å². The molecule has 2 aromatic rings. The number of hydrogen-bond donors (Lipinski definition) is 2. The largest absolute Gasteiger partial charge is 0.352 e. The zero-order valence-electron chi connectivity index (χ0n) is 20.2. The molecule has 1 fully saturated rings. The normalized spacial score (nSPS) is 21.3. The lowest BCUT2D eigenvalue weighted by atomic mass is 9.93. The van der Waals surface area contributed by atoms with Crippen LogP contribution in [0.5, 0.6) is 0 Å². The first kappa shape index (κ1) is 24.4. The van der Waals surface area contributed by atoms with Gasteiger partial charge in [-0.25, -0.2) is 9.97 Å². The standard InChI is InChI=1S/C25H33ClN6O2/c1-15(2)27-12-20(18-5-7-19(26)8-6-18)25(34)32-10-9-31(13-17(32)4)24-22-16(3)11-21(33)30-23(22)28-14-29-24/h5-8,14-17,20,27H,9-13H2,1-4H3,(H,28,29,30,33). The van der Waals surface area contributed by atoms with E-state index in [1.165, 1.54) is 6.33 Å². The van der Waals surface area contributed by atoms with Crippen LogP contribution >= 0.6 is 11.6 Å².